The molecule has 6 heteroatoms. The highest BCUT2D eigenvalue weighted by molar-refractivity contribution is 5.91. The molecule has 1 aliphatic rings. The van der Waals surface area contributed by atoms with Gasteiger partial charge < -0.3 is 11.1 Å². The number of carbonyl (C=O) groups is 1. The molecule has 4 N–H and O–H groups in total. The molecule has 1 heterocycles. The van der Waals surface area contributed by atoms with E-state index in [1.807, 2.05) is 0 Å². The number of amides is 1. The number of nitrogens with two attached hydrogens (primary N) is 1. The first-order valence-electron chi connectivity index (χ1n) is 5.15. The van der Waals surface area contributed by atoms with Gasteiger partial charge in [0.2, 0.25) is 11.8 Å². The molecule has 1 aliphatic carbocycles. The monoisotopic (exact) mass is 209 g/mol. The molecule has 0 radical (unpaired) electrons. The van der Waals surface area contributed by atoms with E-state index in [0.717, 1.165) is 19.3 Å². The van der Waals surface area contributed by atoms with Crippen LogP contribution in [-0.4, -0.2) is 26.6 Å². The largest absolute Gasteiger partial charge is 0.366 e. The second-order valence-electron chi connectivity index (χ2n) is 3.98. The Hall–Kier alpha value is -1.59. The molecule has 0 atom stereocenters. The molecule has 1 amide bonds. The van der Waals surface area contributed by atoms with Crippen molar-refractivity contribution < 1.29 is 4.79 Å². The van der Waals surface area contributed by atoms with E-state index in [1.54, 1.807) is 0 Å². The maximum absolute atomic E-state index is 11.7. The maximum Gasteiger partial charge on any atom is 0.289 e. The van der Waals surface area contributed by atoms with Gasteiger partial charge in [-0.15, -0.1) is 5.10 Å². The molecule has 0 unspecified atom stereocenters. The third-order valence-electron chi connectivity index (χ3n) is 3.08. The first-order chi connectivity index (χ1) is 7.15. The van der Waals surface area contributed by atoms with Gasteiger partial charge in [-0.3, -0.25) is 9.89 Å². The lowest BCUT2D eigenvalue weighted by Crippen LogP contribution is -2.53. The summed E-state index contributed by atoms with van der Waals surface area (Å²) in [6, 6.07) is 0. The van der Waals surface area contributed by atoms with E-state index < -0.39 is 0 Å². The zero-order valence-corrected chi connectivity index (χ0v) is 8.71. The Morgan fingerprint density at radius 2 is 2.40 bits per heavy atom. The zero-order chi connectivity index (χ0) is 10.9. The van der Waals surface area contributed by atoms with Gasteiger partial charge in [0.1, 0.15) is 0 Å². The molecular formula is C9H15N5O. The van der Waals surface area contributed by atoms with Crippen molar-refractivity contribution in [2.75, 3.05) is 5.73 Å². The maximum atomic E-state index is 11.7. The van der Waals surface area contributed by atoms with Crippen LogP contribution in [0.1, 0.15) is 43.2 Å². The second kappa shape index (κ2) is 3.52. The van der Waals surface area contributed by atoms with Gasteiger partial charge in [0, 0.05) is 5.54 Å². The Bertz CT molecular complexity index is 363. The highest BCUT2D eigenvalue weighted by Gasteiger charge is 2.37. The van der Waals surface area contributed by atoms with Crippen LogP contribution in [0.15, 0.2) is 0 Å². The number of aromatic nitrogens is 3. The SMILES string of the molecule is CCC1(NC(=O)c2nc(N)n[nH]2)CCC1. The third kappa shape index (κ3) is 1.79. The van der Waals surface area contributed by atoms with E-state index in [0.29, 0.717) is 0 Å². The molecule has 0 bridgehead atoms. The number of rotatable bonds is 3. The fourth-order valence-electron chi connectivity index (χ4n) is 1.85. The van der Waals surface area contributed by atoms with Gasteiger partial charge in [0.05, 0.1) is 0 Å². The van der Waals surface area contributed by atoms with Crippen molar-refractivity contribution in [3.8, 4) is 0 Å². The number of anilines is 1. The predicted octanol–water partition coefficient (Wildman–Crippen LogP) is 0.449. The fraction of sp³-hybridized carbons (Fsp3) is 0.667. The van der Waals surface area contributed by atoms with Crippen LogP contribution in [0.25, 0.3) is 0 Å². The van der Waals surface area contributed by atoms with Crippen LogP contribution in [0.2, 0.25) is 0 Å². The minimum absolute atomic E-state index is 0.0291. The minimum Gasteiger partial charge on any atom is -0.366 e. The molecular weight excluding hydrogens is 194 g/mol. The van der Waals surface area contributed by atoms with E-state index in [4.69, 9.17) is 5.73 Å². The number of hydrogen-bond acceptors (Lipinski definition) is 4. The molecule has 0 aromatic carbocycles. The zero-order valence-electron chi connectivity index (χ0n) is 8.71. The van der Waals surface area contributed by atoms with Gasteiger partial charge >= 0.3 is 0 Å². The topological polar surface area (TPSA) is 96.7 Å². The average molecular weight is 209 g/mol. The Morgan fingerprint density at radius 3 is 2.80 bits per heavy atom. The van der Waals surface area contributed by atoms with Crippen LogP contribution in [0.5, 0.6) is 0 Å². The normalized spacial score (nSPS) is 18.2. The van der Waals surface area contributed by atoms with Gasteiger partial charge in [0.25, 0.3) is 5.91 Å². The Balaban J connectivity index is 2.03. The summed E-state index contributed by atoms with van der Waals surface area (Å²) in [6.45, 7) is 2.08. The predicted molar refractivity (Wildman–Crippen MR) is 55.1 cm³/mol. The molecule has 6 nitrogen and oxygen atoms in total. The Morgan fingerprint density at radius 1 is 1.67 bits per heavy atom. The van der Waals surface area contributed by atoms with Crippen LogP contribution < -0.4 is 11.1 Å². The van der Waals surface area contributed by atoms with Crippen LogP contribution in [0.3, 0.4) is 0 Å². The van der Waals surface area contributed by atoms with Crippen LogP contribution in [-0.2, 0) is 0 Å². The first kappa shape index (κ1) is 9.95. The summed E-state index contributed by atoms with van der Waals surface area (Å²) in [7, 11) is 0. The molecule has 1 aromatic heterocycles. The van der Waals surface area contributed by atoms with Crippen molar-refractivity contribution in [1.29, 1.82) is 0 Å². The Labute approximate surface area is 87.6 Å². The number of nitrogens with zero attached hydrogens (tertiary/aromatic N) is 2. The average Bonchev–Trinajstić information content (AvgIpc) is 2.58. The van der Waals surface area contributed by atoms with Crippen molar-refractivity contribution in [2.45, 2.75) is 38.1 Å². The minimum atomic E-state index is -0.222. The number of hydrogen-bond donors (Lipinski definition) is 3. The van der Waals surface area contributed by atoms with Crippen LogP contribution >= 0.6 is 0 Å². The smallest absolute Gasteiger partial charge is 0.289 e. The van der Waals surface area contributed by atoms with Crippen molar-refractivity contribution in [1.82, 2.24) is 20.5 Å². The number of aromatic amines is 1. The first-order valence-corrected chi connectivity index (χ1v) is 5.15. The lowest BCUT2D eigenvalue weighted by molar-refractivity contribution is 0.0810. The van der Waals surface area contributed by atoms with E-state index in [1.165, 1.54) is 6.42 Å². The lowest BCUT2D eigenvalue weighted by Gasteiger charge is -2.41. The summed E-state index contributed by atoms with van der Waals surface area (Å²) in [5.41, 5.74) is 5.30. The summed E-state index contributed by atoms with van der Waals surface area (Å²) in [5.74, 6) is 0.0623. The summed E-state index contributed by atoms with van der Waals surface area (Å²) in [5, 5.41) is 9.10. The molecule has 82 valence electrons. The number of carbonyl (C=O) groups excluding carboxylic acids is 1. The van der Waals surface area contributed by atoms with Gasteiger partial charge in [-0.25, -0.2) is 0 Å². The summed E-state index contributed by atoms with van der Waals surface area (Å²) in [4.78, 5) is 15.5. The fourth-order valence-corrected chi connectivity index (χ4v) is 1.85. The summed E-state index contributed by atoms with van der Waals surface area (Å²) in [6.07, 6.45) is 4.20. The standard InChI is InChI=1S/C9H15N5O/c1-2-9(4-3-5-9)12-7(15)6-11-8(10)14-13-6/h2-5H2,1H3,(H,12,15)(H3,10,11,13,14). The van der Waals surface area contributed by atoms with Crippen molar-refractivity contribution >= 4 is 11.9 Å². The van der Waals surface area contributed by atoms with Crippen LogP contribution in [0, 0.1) is 0 Å². The quantitative estimate of drug-likeness (QED) is 0.673. The third-order valence-corrected chi connectivity index (χ3v) is 3.08. The molecule has 0 saturated heterocycles. The van der Waals surface area contributed by atoms with E-state index in [-0.39, 0.29) is 23.2 Å². The van der Waals surface area contributed by atoms with Gasteiger partial charge in [0.15, 0.2) is 0 Å². The van der Waals surface area contributed by atoms with Gasteiger partial charge in [-0.05, 0) is 25.7 Å². The molecule has 15 heavy (non-hydrogen) atoms. The lowest BCUT2D eigenvalue weighted by atomic mass is 9.75. The van der Waals surface area contributed by atoms with Gasteiger partial charge in [-0.1, -0.05) is 6.92 Å². The molecule has 0 aliphatic heterocycles. The molecule has 1 fully saturated rings. The molecule has 1 saturated carbocycles. The molecule has 1 aromatic rings. The highest BCUT2D eigenvalue weighted by Crippen LogP contribution is 2.34. The molecule has 2 rings (SSSR count). The van der Waals surface area contributed by atoms with Crippen molar-refractivity contribution in [2.24, 2.45) is 0 Å². The van der Waals surface area contributed by atoms with Crippen molar-refractivity contribution in [3.05, 3.63) is 5.82 Å². The van der Waals surface area contributed by atoms with Crippen LogP contribution in [0.4, 0.5) is 5.95 Å². The number of nitrogens with one attached hydrogen (secondary N) is 2. The van der Waals surface area contributed by atoms with Gasteiger partial charge in [-0.2, -0.15) is 4.98 Å². The number of H-pyrrole nitrogens is 1. The highest BCUT2D eigenvalue weighted by atomic mass is 16.2. The van der Waals surface area contributed by atoms with E-state index >= 15 is 0 Å². The number of nitrogen functional groups attached to an aromatic ring is 1. The summed E-state index contributed by atoms with van der Waals surface area (Å²) >= 11 is 0. The summed E-state index contributed by atoms with van der Waals surface area (Å²) < 4.78 is 0. The Kier molecular flexibility index (Phi) is 2.34. The molecule has 0 spiro atoms. The van der Waals surface area contributed by atoms with Crippen molar-refractivity contribution in [3.63, 3.8) is 0 Å². The second-order valence-corrected chi connectivity index (χ2v) is 3.98. The van der Waals surface area contributed by atoms with E-state index in [9.17, 15) is 4.79 Å². The van der Waals surface area contributed by atoms with E-state index in [2.05, 4.69) is 27.4 Å².